The van der Waals surface area contributed by atoms with E-state index in [1.807, 2.05) is 42.2 Å². The van der Waals surface area contributed by atoms with Crippen LogP contribution in [0, 0.1) is 5.82 Å². The predicted molar refractivity (Wildman–Crippen MR) is 126 cm³/mol. The Morgan fingerprint density at radius 1 is 1.15 bits per heavy atom. The van der Waals surface area contributed by atoms with Crippen LogP contribution in [0.3, 0.4) is 0 Å². The number of aromatic nitrogens is 2. The summed E-state index contributed by atoms with van der Waals surface area (Å²) >= 11 is 11.8. The van der Waals surface area contributed by atoms with E-state index in [-0.39, 0.29) is 5.82 Å². The number of nitrogens with zero attached hydrogens (tertiary/aromatic N) is 3. The number of rotatable bonds is 5. The quantitative estimate of drug-likeness (QED) is 0.352. The molecule has 1 unspecified atom stereocenters. The lowest BCUT2D eigenvalue weighted by atomic mass is 9.94. The van der Waals surface area contributed by atoms with Gasteiger partial charge in [-0.25, -0.2) is 4.39 Å². The lowest BCUT2D eigenvalue weighted by Gasteiger charge is -2.37. The molecular weight excluding hydrogens is 463 g/mol. The normalized spacial score (nSPS) is 16.3. The SMILES string of the molecule is CC1=C(c2nc(-c3cccc(Cl)c3)no2)C(c2cccc(F)c2)NC(=S)N1Cc1ccco1. The van der Waals surface area contributed by atoms with Crippen molar-refractivity contribution in [2.24, 2.45) is 0 Å². The molecule has 1 N–H and O–H groups in total. The highest BCUT2D eigenvalue weighted by Crippen LogP contribution is 2.38. The van der Waals surface area contributed by atoms with Gasteiger partial charge in [0.15, 0.2) is 5.11 Å². The molecule has 1 aliphatic heterocycles. The summed E-state index contributed by atoms with van der Waals surface area (Å²) in [6, 6.07) is 16.8. The number of benzene rings is 2. The van der Waals surface area contributed by atoms with Gasteiger partial charge in [0.25, 0.3) is 5.89 Å². The third-order valence-corrected chi connectivity index (χ3v) is 5.98. The van der Waals surface area contributed by atoms with Crippen LogP contribution < -0.4 is 5.32 Å². The van der Waals surface area contributed by atoms with Crippen molar-refractivity contribution in [2.45, 2.75) is 19.5 Å². The highest BCUT2D eigenvalue weighted by molar-refractivity contribution is 7.80. The molecule has 0 amide bonds. The van der Waals surface area contributed by atoms with Crippen molar-refractivity contribution in [1.29, 1.82) is 0 Å². The van der Waals surface area contributed by atoms with E-state index >= 15 is 0 Å². The highest BCUT2D eigenvalue weighted by Gasteiger charge is 2.34. The molecule has 0 fully saturated rings. The van der Waals surface area contributed by atoms with Crippen molar-refractivity contribution in [3.63, 3.8) is 0 Å². The Kier molecular flexibility index (Phi) is 5.70. The van der Waals surface area contributed by atoms with E-state index in [1.54, 1.807) is 24.5 Å². The Morgan fingerprint density at radius 3 is 2.76 bits per heavy atom. The smallest absolute Gasteiger partial charge is 0.258 e. The Hall–Kier alpha value is -3.49. The van der Waals surface area contributed by atoms with Crippen molar-refractivity contribution in [3.8, 4) is 11.4 Å². The van der Waals surface area contributed by atoms with Crippen molar-refractivity contribution in [3.05, 3.63) is 101 Å². The molecule has 3 heterocycles. The summed E-state index contributed by atoms with van der Waals surface area (Å²) in [7, 11) is 0. The summed E-state index contributed by atoms with van der Waals surface area (Å²) in [6.45, 7) is 2.33. The van der Waals surface area contributed by atoms with Crippen molar-refractivity contribution >= 4 is 34.5 Å². The minimum atomic E-state index is -0.478. The van der Waals surface area contributed by atoms with E-state index in [1.165, 1.54) is 12.1 Å². The first-order valence-electron chi connectivity index (χ1n) is 10.2. The summed E-state index contributed by atoms with van der Waals surface area (Å²) < 4.78 is 25.3. The number of hydrogen-bond donors (Lipinski definition) is 1. The zero-order valence-corrected chi connectivity index (χ0v) is 19.0. The molecule has 1 aliphatic rings. The van der Waals surface area contributed by atoms with Gasteiger partial charge in [-0.3, -0.25) is 0 Å². The second-order valence-corrected chi connectivity index (χ2v) is 8.36. The number of nitrogens with one attached hydrogen (secondary N) is 1. The third kappa shape index (κ3) is 4.27. The van der Waals surface area contributed by atoms with Gasteiger partial charge >= 0.3 is 0 Å². The van der Waals surface area contributed by atoms with Gasteiger partial charge in [0.2, 0.25) is 5.82 Å². The number of halogens is 2. The van der Waals surface area contributed by atoms with Gasteiger partial charge in [-0.15, -0.1) is 0 Å². The maximum absolute atomic E-state index is 14.1. The van der Waals surface area contributed by atoms with E-state index < -0.39 is 6.04 Å². The maximum atomic E-state index is 14.1. The van der Waals surface area contributed by atoms with E-state index in [2.05, 4.69) is 15.5 Å². The van der Waals surface area contributed by atoms with E-state index in [0.717, 1.165) is 17.0 Å². The van der Waals surface area contributed by atoms with Gasteiger partial charge < -0.3 is 19.2 Å². The van der Waals surface area contributed by atoms with E-state index in [9.17, 15) is 4.39 Å². The first-order valence-corrected chi connectivity index (χ1v) is 10.9. The fourth-order valence-electron chi connectivity index (χ4n) is 3.82. The van der Waals surface area contributed by atoms with Crippen LogP contribution in [0.1, 0.15) is 30.2 Å². The summed E-state index contributed by atoms with van der Waals surface area (Å²) in [5.41, 5.74) is 2.91. The van der Waals surface area contributed by atoms with Crippen LogP contribution in [-0.2, 0) is 6.54 Å². The molecule has 5 rings (SSSR count). The Morgan fingerprint density at radius 2 is 2.00 bits per heavy atom. The predicted octanol–water partition coefficient (Wildman–Crippen LogP) is 5.98. The van der Waals surface area contributed by atoms with Crippen LogP contribution in [0.15, 0.2) is 81.6 Å². The Balaban J connectivity index is 1.61. The van der Waals surface area contributed by atoms with Gasteiger partial charge in [-0.05, 0) is 61.1 Å². The van der Waals surface area contributed by atoms with Crippen LogP contribution in [0.5, 0.6) is 0 Å². The second-order valence-electron chi connectivity index (χ2n) is 7.54. The number of hydrogen-bond acceptors (Lipinski definition) is 5. The largest absolute Gasteiger partial charge is 0.467 e. The molecule has 4 aromatic rings. The molecule has 0 saturated heterocycles. The lowest BCUT2D eigenvalue weighted by molar-refractivity contribution is 0.382. The molecule has 0 saturated carbocycles. The molecule has 0 radical (unpaired) electrons. The molecule has 0 bridgehead atoms. The van der Waals surface area contributed by atoms with Crippen LogP contribution in [-0.4, -0.2) is 20.2 Å². The van der Waals surface area contributed by atoms with E-state index in [0.29, 0.717) is 39.5 Å². The molecule has 0 spiro atoms. The van der Waals surface area contributed by atoms with Crippen molar-refractivity contribution in [1.82, 2.24) is 20.4 Å². The van der Waals surface area contributed by atoms with Gasteiger partial charge in [-0.1, -0.05) is 41.0 Å². The molecule has 6 nitrogen and oxygen atoms in total. The molecule has 166 valence electrons. The fourth-order valence-corrected chi connectivity index (χ4v) is 4.33. The molecule has 0 aliphatic carbocycles. The van der Waals surface area contributed by atoms with Gasteiger partial charge in [0.05, 0.1) is 24.4 Å². The summed E-state index contributed by atoms with van der Waals surface area (Å²) in [5, 5.41) is 8.51. The van der Waals surface area contributed by atoms with Crippen LogP contribution in [0.25, 0.3) is 17.0 Å². The molecule has 9 heteroatoms. The number of furan rings is 1. The minimum Gasteiger partial charge on any atom is -0.467 e. The lowest BCUT2D eigenvalue weighted by Crippen LogP contribution is -2.45. The molecule has 33 heavy (non-hydrogen) atoms. The van der Waals surface area contributed by atoms with Gasteiger partial charge in [-0.2, -0.15) is 4.98 Å². The summed E-state index contributed by atoms with van der Waals surface area (Å²) in [5.74, 6) is 1.10. The van der Waals surface area contributed by atoms with Crippen molar-refractivity contribution < 1.29 is 13.3 Å². The van der Waals surface area contributed by atoms with Crippen LogP contribution in [0.4, 0.5) is 4.39 Å². The number of allylic oxidation sites excluding steroid dienone is 1. The minimum absolute atomic E-state index is 0.302. The molecule has 1 atom stereocenters. The fraction of sp³-hybridized carbons (Fsp3) is 0.125. The molecule has 2 aromatic heterocycles. The summed E-state index contributed by atoms with van der Waals surface area (Å²) in [6.07, 6.45) is 1.61. The highest BCUT2D eigenvalue weighted by atomic mass is 35.5. The van der Waals surface area contributed by atoms with E-state index in [4.69, 9.17) is 32.8 Å². The topological polar surface area (TPSA) is 67.3 Å². The maximum Gasteiger partial charge on any atom is 0.258 e. The zero-order chi connectivity index (χ0) is 22.9. The standard InChI is InChI=1S/C24H18ClFN4O2S/c1-14-20(23-28-22(29-32-23)16-6-2-7-17(25)11-16)21(15-5-3-8-18(26)12-15)27-24(33)30(14)13-19-9-4-10-31-19/h2-12,21H,13H2,1H3,(H,27,33). The Bertz CT molecular complexity index is 1350. The second kappa shape index (κ2) is 8.80. The van der Waals surface area contributed by atoms with Crippen LogP contribution >= 0.6 is 23.8 Å². The molecule has 2 aromatic carbocycles. The average molecular weight is 481 g/mol. The van der Waals surface area contributed by atoms with Crippen LogP contribution in [0.2, 0.25) is 5.02 Å². The monoisotopic (exact) mass is 480 g/mol. The molecular formula is C24H18ClFN4O2S. The van der Waals surface area contributed by atoms with Gasteiger partial charge in [0, 0.05) is 16.3 Å². The first kappa shape index (κ1) is 21.4. The zero-order valence-electron chi connectivity index (χ0n) is 17.5. The third-order valence-electron chi connectivity index (χ3n) is 5.41. The van der Waals surface area contributed by atoms with Gasteiger partial charge in [0.1, 0.15) is 11.6 Å². The summed E-state index contributed by atoms with van der Waals surface area (Å²) in [4.78, 5) is 6.52. The average Bonchev–Trinajstić information content (AvgIpc) is 3.49. The first-order chi connectivity index (χ1) is 16.0. The Labute approximate surface area is 199 Å². The van der Waals surface area contributed by atoms with Crippen molar-refractivity contribution in [2.75, 3.05) is 0 Å². The number of thiocarbonyl (C=S) groups is 1.